The van der Waals surface area contributed by atoms with Gasteiger partial charge in [0.05, 0.1) is 0 Å². The smallest absolute Gasteiger partial charge is 0.186 e. The molecule has 0 atom stereocenters. The van der Waals surface area contributed by atoms with Crippen molar-refractivity contribution in [2.45, 2.75) is 38.5 Å². The maximum absolute atomic E-state index is 4.93. The molecule has 1 rings (SSSR count). The third-order valence-electron chi connectivity index (χ3n) is 2.22. The van der Waals surface area contributed by atoms with Crippen LogP contribution >= 0.6 is 12.2 Å². The summed E-state index contributed by atoms with van der Waals surface area (Å²) in [6, 6.07) is 0. The summed E-state index contributed by atoms with van der Waals surface area (Å²) in [4.78, 5) is 0. The highest BCUT2D eigenvalue weighted by Crippen LogP contribution is 2.14. The Morgan fingerprint density at radius 3 is 2.38 bits per heavy atom. The minimum atomic E-state index is 0.594. The maximum atomic E-state index is 4.93. The van der Waals surface area contributed by atoms with Crippen molar-refractivity contribution in [2.24, 2.45) is 5.10 Å². The molecule has 1 aliphatic rings. The Hall–Kier alpha value is -0.640. The Labute approximate surface area is 85.0 Å². The lowest BCUT2D eigenvalue weighted by atomic mass is 10.2. The van der Waals surface area contributed by atoms with Gasteiger partial charge in [-0.3, -0.25) is 5.43 Å². The van der Waals surface area contributed by atoms with Gasteiger partial charge in [-0.2, -0.15) is 5.10 Å². The van der Waals surface area contributed by atoms with Gasteiger partial charge in [-0.1, -0.05) is 12.8 Å². The van der Waals surface area contributed by atoms with Crippen molar-refractivity contribution in [3.05, 3.63) is 0 Å². The van der Waals surface area contributed by atoms with Gasteiger partial charge in [0.1, 0.15) is 0 Å². The minimum absolute atomic E-state index is 0.594. The van der Waals surface area contributed by atoms with Crippen LogP contribution in [0.3, 0.4) is 0 Å². The summed E-state index contributed by atoms with van der Waals surface area (Å²) in [6.45, 7) is 0. The van der Waals surface area contributed by atoms with Crippen LogP contribution < -0.4 is 10.7 Å². The van der Waals surface area contributed by atoms with Crippen LogP contribution in [0.15, 0.2) is 5.10 Å². The first kappa shape index (κ1) is 10.4. The van der Waals surface area contributed by atoms with E-state index in [1.165, 1.54) is 31.4 Å². The summed E-state index contributed by atoms with van der Waals surface area (Å²) >= 11 is 4.93. The van der Waals surface area contributed by atoms with Crippen LogP contribution in [0.5, 0.6) is 0 Å². The second-order valence-corrected chi connectivity index (χ2v) is 3.69. The average molecular weight is 199 g/mol. The van der Waals surface area contributed by atoms with E-state index in [0.717, 1.165) is 12.8 Å². The predicted molar refractivity (Wildman–Crippen MR) is 59.9 cm³/mol. The van der Waals surface area contributed by atoms with Gasteiger partial charge >= 0.3 is 0 Å². The Kier molecular flexibility index (Phi) is 4.75. The van der Waals surface area contributed by atoms with Gasteiger partial charge < -0.3 is 5.32 Å². The molecule has 13 heavy (non-hydrogen) atoms. The van der Waals surface area contributed by atoms with Gasteiger partial charge in [0.25, 0.3) is 0 Å². The Balaban J connectivity index is 2.34. The van der Waals surface area contributed by atoms with Crippen molar-refractivity contribution in [3.63, 3.8) is 0 Å². The van der Waals surface area contributed by atoms with Gasteiger partial charge in [-0.25, -0.2) is 0 Å². The van der Waals surface area contributed by atoms with E-state index in [-0.39, 0.29) is 0 Å². The molecule has 1 fully saturated rings. The molecule has 0 unspecified atom stereocenters. The summed E-state index contributed by atoms with van der Waals surface area (Å²) in [7, 11) is 1.79. The van der Waals surface area contributed by atoms with E-state index < -0.39 is 0 Å². The monoisotopic (exact) mass is 199 g/mol. The van der Waals surface area contributed by atoms with Crippen LogP contribution in [0.25, 0.3) is 0 Å². The normalized spacial score (nSPS) is 17.5. The van der Waals surface area contributed by atoms with E-state index in [2.05, 4.69) is 15.8 Å². The molecule has 4 heteroatoms. The number of rotatable bonds is 1. The lowest BCUT2D eigenvalue weighted by molar-refractivity contribution is 0.702. The van der Waals surface area contributed by atoms with Crippen molar-refractivity contribution in [3.8, 4) is 0 Å². The van der Waals surface area contributed by atoms with Crippen molar-refractivity contribution in [1.82, 2.24) is 10.7 Å². The first-order valence-electron chi connectivity index (χ1n) is 4.86. The molecule has 0 bridgehead atoms. The zero-order valence-electron chi connectivity index (χ0n) is 8.10. The number of hydrogen-bond donors (Lipinski definition) is 2. The zero-order chi connectivity index (χ0) is 9.52. The molecular weight excluding hydrogens is 182 g/mol. The van der Waals surface area contributed by atoms with E-state index in [9.17, 15) is 0 Å². The van der Waals surface area contributed by atoms with Crippen molar-refractivity contribution in [2.75, 3.05) is 7.05 Å². The lowest BCUT2D eigenvalue weighted by Crippen LogP contribution is -2.29. The van der Waals surface area contributed by atoms with Crippen LogP contribution in [-0.2, 0) is 0 Å². The third kappa shape index (κ3) is 4.22. The molecule has 1 saturated carbocycles. The molecule has 0 amide bonds. The molecule has 0 saturated heterocycles. The molecule has 3 nitrogen and oxygen atoms in total. The highest BCUT2D eigenvalue weighted by molar-refractivity contribution is 7.80. The van der Waals surface area contributed by atoms with Crippen LogP contribution in [0.4, 0.5) is 0 Å². The van der Waals surface area contributed by atoms with E-state index in [1.54, 1.807) is 7.05 Å². The summed E-state index contributed by atoms with van der Waals surface area (Å²) in [6.07, 6.45) is 7.48. The largest absolute Gasteiger partial charge is 0.364 e. The second kappa shape index (κ2) is 5.91. The summed E-state index contributed by atoms with van der Waals surface area (Å²) < 4.78 is 0. The van der Waals surface area contributed by atoms with Gasteiger partial charge in [0, 0.05) is 12.8 Å². The zero-order valence-corrected chi connectivity index (χ0v) is 8.91. The third-order valence-corrected chi connectivity index (χ3v) is 2.52. The van der Waals surface area contributed by atoms with Crippen molar-refractivity contribution in [1.29, 1.82) is 0 Å². The molecule has 0 radical (unpaired) electrons. The molecule has 74 valence electrons. The molecule has 0 aromatic rings. The van der Waals surface area contributed by atoms with Crippen molar-refractivity contribution < 1.29 is 0 Å². The first-order valence-corrected chi connectivity index (χ1v) is 5.27. The Morgan fingerprint density at radius 2 is 1.85 bits per heavy atom. The van der Waals surface area contributed by atoms with Gasteiger partial charge in [-0.05, 0) is 37.9 Å². The number of nitrogens with zero attached hydrogens (tertiary/aromatic N) is 1. The average Bonchev–Trinajstić information content (AvgIpc) is 2.42. The van der Waals surface area contributed by atoms with Crippen LogP contribution in [0, 0.1) is 0 Å². The summed E-state index contributed by atoms with van der Waals surface area (Å²) in [5.74, 6) is 0. The predicted octanol–water partition coefficient (Wildman–Crippen LogP) is 1.79. The highest BCUT2D eigenvalue weighted by atomic mass is 32.1. The molecule has 0 spiro atoms. The van der Waals surface area contributed by atoms with Gasteiger partial charge in [0.15, 0.2) is 5.11 Å². The molecular formula is C9H17N3S. The molecule has 0 aromatic carbocycles. The SMILES string of the molecule is CNC(=S)NN=C1CCCCCC1. The Bertz CT molecular complexity index is 191. The standard InChI is InChI=1S/C9H17N3S/c1-10-9(13)12-11-8-6-4-2-3-5-7-8/h2-7H2,1H3,(H2,10,12,13). The van der Waals surface area contributed by atoms with Crippen LogP contribution in [0.1, 0.15) is 38.5 Å². The quantitative estimate of drug-likeness (QED) is 0.384. The first-order chi connectivity index (χ1) is 6.33. The summed E-state index contributed by atoms with van der Waals surface area (Å²) in [5.41, 5.74) is 4.10. The highest BCUT2D eigenvalue weighted by Gasteiger charge is 2.05. The lowest BCUT2D eigenvalue weighted by Gasteiger charge is -2.04. The molecule has 2 N–H and O–H groups in total. The second-order valence-electron chi connectivity index (χ2n) is 3.28. The van der Waals surface area contributed by atoms with E-state index >= 15 is 0 Å². The Morgan fingerprint density at radius 1 is 1.23 bits per heavy atom. The van der Waals surface area contributed by atoms with Gasteiger partial charge in [-0.15, -0.1) is 0 Å². The molecule has 1 aliphatic carbocycles. The molecule has 0 heterocycles. The van der Waals surface area contributed by atoms with E-state index in [4.69, 9.17) is 12.2 Å². The van der Waals surface area contributed by atoms with Crippen LogP contribution in [-0.4, -0.2) is 17.9 Å². The topological polar surface area (TPSA) is 36.4 Å². The van der Waals surface area contributed by atoms with E-state index in [0.29, 0.717) is 5.11 Å². The van der Waals surface area contributed by atoms with Gasteiger partial charge in [0.2, 0.25) is 0 Å². The maximum Gasteiger partial charge on any atom is 0.186 e. The number of hydrogen-bond acceptors (Lipinski definition) is 2. The number of thiocarbonyl (C=S) groups is 1. The minimum Gasteiger partial charge on any atom is -0.364 e. The van der Waals surface area contributed by atoms with E-state index in [1.807, 2.05) is 0 Å². The summed E-state index contributed by atoms with van der Waals surface area (Å²) in [5, 5.41) is 7.70. The fraction of sp³-hybridized carbons (Fsp3) is 0.778. The van der Waals surface area contributed by atoms with Crippen LogP contribution in [0.2, 0.25) is 0 Å². The molecule has 0 aromatic heterocycles. The number of hydrazone groups is 1. The fourth-order valence-electron chi connectivity index (χ4n) is 1.43. The molecule has 0 aliphatic heterocycles. The fourth-order valence-corrected chi connectivity index (χ4v) is 1.48. The van der Waals surface area contributed by atoms with Crippen molar-refractivity contribution >= 4 is 23.0 Å². The number of nitrogens with one attached hydrogen (secondary N) is 2.